The number of nitrogens with zero attached hydrogens (tertiary/aromatic N) is 2. The highest BCUT2D eigenvalue weighted by atomic mass is 19.1. The van der Waals surface area contributed by atoms with Crippen LogP contribution >= 0.6 is 0 Å². The zero-order valence-electron chi connectivity index (χ0n) is 22.9. The van der Waals surface area contributed by atoms with E-state index in [0.29, 0.717) is 5.75 Å². The van der Waals surface area contributed by atoms with Crippen LogP contribution in [-0.2, 0) is 27.4 Å². The topological polar surface area (TPSA) is 71.8 Å². The highest BCUT2D eigenvalue weighted by molar-refractivity contribution is 5.41. The van der Waals surface area contributed by atoms with Crippen molar-refractivity contribution in [1.29, 1.82) is 0 Å². The molecule has 0 saturated carbocycles. The van der Waals surface area contributed by atoms with Crippen molar-refractivity contribution in [3.8, 4) is 11.6 Å². The molecule has 0 radical (unpaired) electrons. The van der Waals surface area contributed by atoms with E-state index in [4.69, 9.17) is 18.9 Å². The summed E-state index contributed by atoms with van der Waals surface area (Å²) in [6.07, 6.45) is -3.39. The van der Waals surface area contributed by atoms with Gasteiger partial charge in [0.05, 0.1) is 19.8 Å². The molecule has 1 saturated heterocycles. The summed E-state index contributed by atoms with van der Waals surface area (Å²) in [5.74, 6) is 0.635. The van der Waals surface area contributed by atoms with E-state index in [-0.39, 0.29) is 25.7 Å². The van der Waals surface area contributed by atoms with E-state index in [1.165, 1.54) is 12.3 Å². The summed E-state index contributed by atoms with van der Waals surface area (Å²) in [4.78, 5) is 17.1. The smallest absolute Gasteiger partial charge is 0.353 e. The maximum Gasteiger partial charge on any atom is 0.353 e. The number of benzene rings is 3. The van der Waals surface area contributed by atoms with E-state index < -0.39 is 36.5 Å². The molecule has 214 valence electrons. The van der Waals surface area contributed by atoms with Crippen molar-refractivity contribution in [1.82, 2.24) is 9.55 Å². The SMILES string of the molecule is Cc1cccc(C)c1Oc1ccn([C@@H]2O[C@](CF)(COCc3ccccc3)[C@@H](OCc3ccccc3)[C@H]2F)c(=O)n1. The van der Waals surface area contributed by atoms with E-state index in [1.54, 1.807) is 0 Å². The molecule has 1 fully saturated rings. The number of alkyl halides is 2. The van der Waals surface area contributed by atoms with Gasteiger partial charge >= 0.3 is 5.69 Å². The van der Waals surface area contributed by atoms with Crippen LogP contribution in [0.15, 0.2) is 95.9 Å². The maximum absolute atomic E-state index is 16.1. The molecule has 4 aromatic rings. The highest BCUT2D eigenvalue weighted by Crippen LogP contribution is 2.42. The molecule has 0 spiro atoms. The van der Waals surface area contributed by atoms with Gasteiger partial charge in [0.2, 0.25) is 5.88 Å². The van der Waals surface area contributed by atoms with Gasteiger partial charge in [-0.2, -0.15) is 4.98 Å². The number of halogens is 2. The van der Waals surface area contributed by atoms with Gasteiger partial charge in [0.25, 0.3) is 0 Å². The molecule has 5 rings (SSSR count). The summed E-state index contributed by atoms with van der Waals surface area (Å²) in [7, 11) is 0. The first-order chi connectivity index (χ1) is 19.9. The first-order valence-electron chi connectivity index (χ1n) is 13.4. The predicted molar refractivity (Wildman–Crippen MR) is 149 cm³/mol. The molecular formula is C32H32F2N2O5. The van der Waals surface area contributed by atoms with Gasteiger partial charge in [-0.05, 0) is 36.1 Å². The molecule has 0 bridgehead atoms. The van der Waals surface area contributed by atoms with Crippen molar-refractivity contribution in [2.45, 2.75) is 51.2 Å². The predicted octanol–water partition coefficient (Wildman–Crippen LogP) is 6.03. The van der Waals surface area contributed by atoms with E-state index in [0.717, 1.165) is 26.8 Å². The fourth-order valence-electron chi connectivity index (χ4n) is 4.92. The molecule has 1 aliphatic heterocycles. The van der Waals surface area contributed by atoms with Crippen LogP contribution in [0.4, 0.5) is 8.78 Å². The number of hydrogen-bond donors (Lipinski definition) is 0. The summed E-state index contributed by atoms with van der Waals surface area (Å²) in [5, 5.41) is 0. The van der Waals surface area contributed by atoms with Crippen molar-refractivity contribution in [3.63, 3.8) is 0 Å². The van der Waals surface area contributed by atoms with Crippen LogP contribution in [-0.4, -0.2) is 40.7 Å². The second kappa shape index (κ2) is 12.7. The number of ether oxygens (including phenoxy) is 4. The van der Waals surface area contributed by atoms with Gasteiger partial charge < -0.3 is 18.9 Å². The zero-order valence-corrected chi connectivity index (χ0v) is 22.9. The summed E-state index contributed by atoms with van der Waals surface area (Å²) < 4.78 is 55.6. The van der Waals surface area contributed by atoms with Gasteiger partial charge in [0.1, 0.15) is 18.5 Å². The summed E-state index contributed by atoms with van der Waals surface area (Å²) in [6.45, 7) is 2.59. The number of rotatable bonds is 11. The molecule has 7 nitrogen and oxygen atoms in total. The van der Waals surface area contributed by atoms with E-state index in [9.17, 15) is 9.18 Å². The van der Waals surface area contributed by atoms with Crippen LogP contribution in [0.2, 0.25) is 0 Å². The minimum Gasteiger partial charge on any atom is -0.438 e. The number of hydrogen-bond acceptors (Lipinski definition) is 6. The van der Waals surface area contributed by atoms with Gasteiger partial charge in [-0.25, -0.2) is 13.6 Å². The van der Waals surface area contributed by atoms with E-state index in [1.807, 2.05) is 92.7 Å². The van der Waals surface area contributed by atoms with Crippen molar-refractivity contribution < 1.29 is 27.7 Å². The minimum absolute atomic E-state index is 0.0259. The molecule has 3 aromatic carbocycles. The first-order valence-corrected chi connectivity index (χ1v) is 13.4. The van der Waals surface area contributed by atoms with Crippen molar-refractivity contribution in [3.05, 3.63) is 124 Å². The molecular weight excluding hydrogens is 530 g/mol. The van der Waals surface area contributed by atoms with Crippen LogP contribution in [0.3, 0.4) is 0 Å². The van der Waals surface area contributed by atoms with Crippen molar-refractivity contribution in [2.75, 3.05) is 13.3 Å². The number of aryl methyl sites for hydroxylation is 2. The van der Waals surface area contributed by atoms with E-state index in [2.05, 4.69) is 4.98 Å². The zero-order chi connectivity index (χ0) is 28.8. The molecule has 0 unspecified atom stereocenters. The van der Waals surface area contributed by atoms with E-state index >= 15 is 4.39 Å². The van der Waals surface area contributed by atoms with Crippen LogP contribution in [0.5, 0.6) is 11.6 Å². The number of para-hydroxylation sites is 1. The minimum atomic E-state index is -1.89. The normalized spacial score (nSPS) is 22.1. The standard InChI is InChI=1S/C32H32F2N2O5/c1-22-10-9-11-23(2)28(22)40-26-16-17-36(31(37)35-26)30-27(34)29(39-19-25-14-7-4-8-15-25)32(20-33,41-30)21-38-18-24-12-5-3-6-13-24/h3-17,27,29-30H,18-21H2,1-2H3/t27-,29+,30-,32-/m1/s1. The average molecular weight is 563 g/mol. The third-order valence-corrected chi connectivity index (χ3v) is 7.09. The van der Waals surface area contributed by atoms with Crippen LogP contribution in [0.1, 0.15) is 28.5 Å². The fraction of sp³-hybridized carbons (Fsp3) is 0.312. The van der Waals surface area contributed by atoms with Crippen LogP contribution < -0.4 is 10.4 Å². The third-order valence-electron chi connectivity index (χ3n) is 7.09. The molecule has 41 heavy (non-hydrogen) atoms. The summed E-state index contributed by atoms with van der Waals surface area (Å²) in [5.41, 5.74) is 0.812. The van der Waals surface area contributed by atoms with Crippen LogP contribution in [0, 0.1) is 13.8 Å². The Bertz CT molecular complexity index is 1480. The Balaban J connectivity index is 1.39. The molecule has 1 aromatic heterocycles. The number of aromatic nitrogens is 2. The van der Waals surface area contributed by atoms with Crippen LogP contribution in [0.25, 0.3) is 0 Å². The van der Waals surface area contributed by atoms with Gasteiger partial charge in [-0.15, -0.1) is 0 Å². The Morgan fingerprint density at radius 3 is 2.15 bits per heavy atom. The Hall–Kier alpha value is -3.92. The monoisotopic (exact) mass is 562 g/mol. The van der Waals surface area contributed by atoms with Gasteiger partial charge in [0.15, 0.2) is 18.0 Å². The Kier molecular flexibility index (Phi) is 8.87. The summed E-state index contributed by atoms with van der Waals surface area (Å²) >= 11 is 0. The molecule has 4 atom stereocenters. The molecule has 9 heteroatoms. The quantitative estimate of drug-likeness (QED) is 0.222. The second-order valence-corrected chi connectivity index (χ2v) is 10.1. The molecule has 0 N–H and O–H groups in total. The second-order valence-electron chi connectivity index (χ2n) is 10.1. The van der Waals surface area contributed by atoms with Gasteiger partial charge in [-0.1, -0.05) is 78.9 Å². The third kappa shape index (κ3) is 6.37. The largest absolute Gasteiger partial charge is 0.438 e. The van der Waals surface area contributed by atoms with Gasteiger partial charge in [-0.3, -0.25) is 4.57 Å². The lowest BCUT2D eigenvalue weighted by atomic mass is 9.97. The van der Waals surface area contributed by atoms with Crippen molar-refractivity contribution >= 4 is 0 Å². The van der Waals surface area contributed by atoms with Crippen molar-refractivity contribution in [2.24, 2.45) is 0 Å². The Morgan fingerprint density at radius 1 is 0.902 bits per heavy atom. The maximum atomic E-state index is 16.1. The lowest BCUT2D eigenvalue weighted by Gasteiger charge is -2.31. The highest BCUT2D eigenvalue weighted by Gasteiger charge is 2.58. The Labute approximate surface area is 237 Å². The molecule has 2 heterocycles. The average Bonchev–Trinajstić information content (AvgIpc) is 3.26. The lowest BCUT2D eigenvalue weighted by Crippen LogP contribution is -2.49. The molecule has 0 amide bonds. The van der Waals surface area contributed by atoms with Gasteiger partial charge in [0, 0.05) is 12.3 Å². The lowest BCUT2D eigenvalue weighted by molar-refractivity contribution is -0.165. The Morgan fingerprint density at radius 2 is 1.54 bits per heavy atom. The molecule has 1 aliphatic rings. The summed E-state index contributed by atoms with van der Waals surface area (Å²) in [6, 6.07) is 25.6. The first kappa shape index (κ1) is 28.6. The fourth-order valence-corrected chi connectivity index (χ4v) is 4.92. The molecule has 0 aliphatic carbocycles.